The molecule has 4 fully saturated rings. The molecule has 1 amide bonds. The predicted octanol–water partition coefficient (Wildman–Crippen LogP) is 3.29. The summed E-state index contributed by atoms with van der Waals surface area (Å²) in [5.41, 5.74) is 0.706. The second kappa shape index (κ2) is 7.22. The van der Waals surface area contributed by atoms with Crippen LogP contribution in [0.15, 0.2) is 23.4 Å². The molecule has 1 N–H and O–H groups in total. The Morgan fingerprint density at radius 2 is 1.88 bits per heavy atom. The zero-order valence-electron chi connectivity index (χ0n) is 15.2. The summed E-state index contributed by atoms with van der Waals surface area (Å²) in [4.78, 5) is 28.6. The number of ether oxygens (including phenoxy) is 1. The highest BCUT2D eigenvalue weighted by Crippen LogP contribution is 2.59. The first kappa shape index (κ1) is 17.8. The van der Waals surface area contributed by atoms with E-state index in [0.717, 1.165) is 24.3 Å². The summed E-state index contributed by atoms with van der Waals surface area (Å²) >= 11 is 1.39. The van der Waals surface area contributed by atoms with Crippen molar-refractivity contribution >= 4 is 23.6 Å². The zero-order valence-corrected chi connectivity index (χ0v) is 16.0. The maximum Gasteiger partial charge on any atom is 0.341 e. The van der Waals surface area contributed by atoms with Crippen LogP contribution < -0.4 is 5.32 Å². The molecule has 4 bridgehead atoms. The van der Waals surface area contributed by atoms with Crippen molar-refractivity contribution in [2.45, 2.75) is 43.6 Å². The van der Waals surface area contributed by atoms with Crippen LogP contribution in [-0.4, -0.2) is 36.3 Å². The minimum absolute atomic E-state index is 0.205. The number of carbonyl (C=O) groups excluding carboxylic acids is 2. The van der Waals surface area contributed by atoms with Gasteiger partial charge in [-0.1, -0.05) is 0 Å². The first-order chi connectivity index (χ1) is 12.6. The molecule has 1 aromatic heterocycles. The van der Waals surface area contributed by atoms with Crippen molar-refractivity contribution in [3.05, 3.63) is 23.9 Å². The molecule has 26 heavy (non-hydrogen) atoms. The van der Waals surface area contributed by atoms with Gasteiger partial charge in [0.1, 0.15) is 5.03 Å². The third kappa shape index (κ3) is 3.61. The Labute approximate surface area is 158 Å². The highest BCUT2D eigenvalue weighted by Gasteiger charge is 2.50. The molecule has 0 saturated heterocycles. The van der Waals surface area contributed by atoms with Crippen LogP contribution in [0, 0.1) is 23.2 Å². The third-order valence-electron chi connectivity index (χ3n) is 6.34. The van der Waals surface area contributed by atoms with Gasteiger partial charge < -0.3 is 10.1 Å². The molecule has 140 valence electrons. The predicted molar refractivity (Wildman–Crippen MR) is 99.9 cm³/mol. The van der Waals surface area contributed by atoms with E-state index in [-0.39, 0.29) is 12.5 Å². The molecule has 6 heteroatoms. The summed E-state index contributed by atoms with van der Waals surface area (Å²) in [6.07, 6.45) is 11.5. The molecule has 0 unspecified atom stereocenters. The van der Waals surface area contributed by atoms with Crippen molar-refractivity contribution in [2.24, 2.45) is 23.2 Å². The molecular weight excluding hydrogens is 348 g/mol. The molecule has 5 rings (SSSR count). The maximum absolute atomic E-state index is 12.2. The van der Waals surface area contributed by atoms with E-state index in [1.54, 1.807) is 18.3 Å². The van der Waals surface area contributed by atoms with Crippen LogP contribution in [0.5, 0.6) is 0 Å². The zero-order chi connectivity index (χ0) is 18.1. The molecule has 4 saturated carbocycles. The Hall–Kier alpha value is -1.56. The van der Waals surface area contributed by atoms with Crippen molar-refractivity contribution in [3.63, 3.8) is 0 Å². The van der Waals surface area contributed by atoms with Crippen molar-refractivity contribution < 1.29 is 14.3 Å². The lowest BCUT2D eigenvalue weighted by atomic mass is 9.49. The number of aromatic nitrogens is 1. The molecule has 0 aliphatic heterocycles. The minimum atomic E-state index is -0.493. The molecule has 1 aromatic rings. The van der Waals surface area contributed by atoms with Crippen molar-refractivity contribution in [1.82, 2.24) is 10.3 Å². The second-order valence-corrected chi connectivity index (χ2v) is 9.13. The summed E-state index contributed by atoms with van der Waals surface area (Å²) in [5, 5.41) is 3.66. The van der Waals surface area contributed by atoms with Crippen LogP contribution in [0.25, 0.3) is 0 Å². The monoisotopic (exact) mass is 374 g/mol. The van der Waals surface area contributed by atoms with Gasteiger partial charge in [0.25, 0.3) is 5.91 Å². The number of hydrogen-bond donors (Lipinski definition) is 1. The molecular formula is C20H26N2O3S. The number of amides is 1. The first-order valence-electron chi connectivity index (χ1n) is 9.50. The minimum Gasteiger partial charge on any atom is -0.452 e. The number of hydrogen-bond acceptors (Lipinski definition) is 5. The number of thioether (sulfide) groups is 1. The van der Waals surface area contributed by atoms with Gasteiger partial charge >= 0.3 is 5.97 Å². The Morgan fingerprint density at radius 1 is 1.23 bits per heavy atom. The lowest BCUT2D eigenvalue weighted by Gasteiger charge is -2.56. The molecule has 4 aliphatic rings. The van der Waals surface area contributed by atoms with E-state index >= 15 is 0 Å². The summed E-state index contributed by atoms with van der Waals surface area (Å²) in [7, 11) is 0. The fraction of sp³-hybridized carbons (Fsp3) is 0.650. The lowest BCUT2D eigenvalue weighted by molar-refractivity contribution is -0.126. The van der Waals surface area contributed by atoms with E-state index in [1.807, 2.05) is 6.26 Å². The topological polar surface area (TPSA) is 68.3 Å². The summed E-state index contributed by atoms with van der Waals surface area (Å²) < 4.78 is 5.20. The van der Waals surface area contributed by atoms with Crippen molar-refractivity contribution in [2.75, 3.05) is 19.4 Å². The fourth-order valence-corrected chi connectivity index (χ4v) is 6.30. The quantitative estimate of drug-likeness (QED) is 0.611. The van der Waals surface area contributed by atoms with Crippen molar-refractivity contribution in [1.29, 1.82) is 0 Å². The first-order valence-corrected chi connectivity index (χ1v) is 10.7. The van der Waals surface area contributed by atoms with E-state index in [9.17, 15) is 9.59 Å². The number of carbonyl (C=O) groups is 2. The number of esters is 1. The van der Waals surface area contributed by atoms with Gasteiger partial charge in [-0.05, 0) is 80.1 Å². The van der Waals surface area contributed by atoms with Crippen LogP contribution in [-0.2, 0) is 9.53 Å². The largest absolute Gasteiger partial charge is 0.452 e. The molecule has 0 aromatic carbocycles. The number of rotatable bonds is 6. The van der Waals surface area contributed by atoms with Gasteiger partial charge in [0.15, 0.2) is 6.61 Å². The van der Waals surface area contributed by atoms with E-state index < -0.39 is 5.97 Å². The van der Waals surface area contributed by atoms with Gasteiger partial charge in [-0.3, -0.25) is 4.79 Å². The molecule has 1 heterocycles. The third-order valence-corrected chi connectivity index (χ3v) is 7.06. The van der Waals surface area contributed by atoms with Crippen LogP contribution in [0.1, 0.15) is 48.9 Å². The smallest absolute Gasteiger partial charge is 0.341 e. The Balaban J connectivity index is 1.28. The average molecular weight is 375 g/mol. The van der Waals surface area contributed by atoms with Crippen LogP contribution in [0.3, 0.4) is 0 Å². The van der Waals surface area contributed by atoms with Crippen LogP contribution in [0.2, 0.25) is 0 Å². The van der Waals surface area contributed by atoms with E-state index in [4.69, 9.17) is 4.74 Å². The van der Waals surface area contributed by atoms with Gasteiger partial charge in [0.05, 0.1) is 5.56 Å². The molecule has 0 radical (unpaired) electrons. The van der Waals surface area contributed by atoms with Gasteiger partial charge in [0.2, 0.25) is 0 Å². The second-order valence-electron chi connectivity index (χ2n) is 8.33. The maximum atomic E-state index is 12.2. The van der Waals surface area contributed by atoms with Gasteiger partial charge in [-0.25, -0.2) is 9.78 Å². The highest BCUT2D eigenvalue weighted by molar-refractivity contribution is 7.98. The summed E-state index contributed by atoms with van der Waals surface area (Å²) in [6, 6.07) is 3.37. The van der Waals surface area contributed by atoms with E-state index in [2.05, 4.69) is 10.3 Å². The summed E-state index contributed by atoms with van der Waals surface area (Å²) in [5.74, 6) is 1.90. The fourth-order valence-electron chi connectivity index (χ4n) is 5.76. The van der Waals surface area contributed by atoms with Crippen molar-refractivity contribution in [3.8, 4) is 0 Å². The van der Waals surface area contributed by atoms with Gasteiger partial charge in [0, 0.05) is 12.7 Å². The average Bonchev–Trinajstić information content (AvgIpc) is 2.63. The molecule has 0 spiro atoms. The number of pyridine rings is 1. The number of nitrogens with zero attached hydrogens (tertiary/aromatic N) is 1. The van der Waals surface area contributed by atoms with Gasteiger partial charge in [-0.15, -0.1) is 11.8 Å². The van der Waals surface area contributed by atoms with Crippen LogP contribution in [0.4, 0.5) is 0 Å². The normalized spacial score (nSPS) is 31.7. The Bertz CT molecular complexity index is 671. The standard InChI is InChI=1S/C20H26N2O3S/c1-26-18-16(3-2-4-21-18)19(24)25-11-17(23)22-12-20-8-13-5-14(9-20)7-15(6-13)10-20/h2-4,13-15H,5-12H2,1H3,(H,22,23). The lowest BCUT2D eigenvalue weighted by Crippen LogP contribution is -2.51. The molecule has 5 nitrogen and oxygen atoms in total. The SMILES string of the molecule is CSc1ncccc1C(=O)OCC(=O)NCC12CC3CC(CC(C3)C1)C2. The Morgan fingerprint density at radius 3 is 2.50 bits per heavy atom. The summed E-state index contributed by atoms with van der Waals surface area (Å²) in [6.45, 7) is 0.504. The van der Waals surface area contributed by atoms with E-state index in [1.165, 1.54) is 50.3 Å². The van der Waals surface area contributed by atoms with E-state index in [0.29, 0.717) is 16.0 Å². The highest BCUT2D eigenvalue weighted by atomic mass is 32.2. The Kier molecular flexibility index (Phi) is 4.95. The number of nitrogens with one attached hydrogen (secondary N) is 1. The molecule has 4 aliphatic carbocycles. The van der Waals surface area contributed by atoms with Crippen LogP contribution >= 0.6 is 11.8 Å². The molecule has 0 atom stereocenters. The van der Waals surface area contributed by atoms with Gasteiger partial charge in [-0.2, -0.15) is 0 Å².